The molecule has 0 aliphatic rings. The molecule has 0 spiro atoms. The smallest absolute Gasteiger partial charge is 0.324 e. The molecule has 0 atom stereocenters. The Balaban J connectivity index is 3.05. The molecule has 1 aromatic heterocycles. The number of rotatable bonds is 6. The lowest BCUT2D eigenvalue weighted by molar-refractivity contribution is 0.329. The summed E-state index contributed by atoms with van der Waals surface area (Å²) < 4.78 is 46.9. The monoisotopic (exact) mass is 478 g/mol. The summed E-state index contributed by atoms with van der Waals surface area (Å²) in [6.45, 7) is 0. The van der Waals surface area contributed by atoms with Crippen LogP contribution in [0.15, 0.2) is 24.3 Å². The van der Waals surface area contributed by atoms with Crippen LogP contribution in [0.2, 0.25) is 0 Å². The van der Waals surface area contributed by atoms with Crippen LogP contribution in [0.1, 0.15) is 22.2 Å². The molecule has 28 heavy (non-hydrogen) atoms. The van der Waals surface area contributed by atoms with Crippen molar-refractivity contribution in [2.24, 2.45) is 0 Å². The lowest BCUT2D eigenvalue weighted by Gasteiger charge is -2.25. The largest absolute Gasteiger partial charge is 0.346 e. The highest BCUT2D eigenvalue weighted by atomic mass is 31.2. The highest BCUT2D eigenvalue weighted by molar-refractivity contribution is 7.71. The topological polar surface area (TPSA) is 256 Å². The second-order valence-corrected chi connectivity index (χ2v) is 13.2. The molecule has 0 aliphatic carbocycles. The highest BCUT2D eigenvalue weighted by Gasteiger charge is 2.53. The minimum Gasteiger partial charge on any atom is -0.324 e. The first-order valence-corrected chi connectivity index (χ1v) is 13.6. The quantitative estimate of drug-likeness (QED) is 0.261. The van der Waals surface area contributed by atoms with Crippen molar-refractivity contribution in [3.63, 3.8) is 0 Å². The average Bonchev–Trinajstić information content (AvgIpc) is 2.41. The maximum Gasteiger partial charge on any atom is 0.346 e. The Kier molecular flexibility index (Phi) is 6.23. The predicted octanol–water partition coefficient (Wildman–Crippen LogP) is 0.338. The van der Waals surface area contributed by atoms with E-state index in [0.29, 0.717) is 0 Å². The van der Waals surface area contributed by atoms with Crippen LogP contribution in [0.3, 0.4) is 0 Å². The maximum atomic E-state index is 11.7. The summed E-state index contributed by atoms with van der Waals surface area (Å²) in [6.07, 6.45) is 0. The summed E-state index contributed by atoms with van der Waals surface area (Å²) in [4.78, 5) is 82.6. The van der Waals surface area contributed by atoms with E-state index in [9.17, 15) is 57.4 Å². The third-order valence-electron chi connectivity index (χ3n) is 3.39. The van der Waals surface area contributed by atoms with Crippen molar-refractivity contribution in [1.29, 1.82) is 0 Å². The number of fused-ring (bicyclic) bond motifs is 1. The number of hydrogen-bond acceptors (Lipinski definition) is 6. The van der Waals surface area contributed by atoms with Gasteiger partial charge in [-0.1, -0.05) is 12.1 Å². The van der Waals surface area contributed by atoms with E-state index in [2.05, 4.69) is 9.97 Å². The minimum atomic E-state index is -5.74. The van der Waals surface area contributed by atoms with Crippen LogP contribution < -0.4 is 0 Å². The van der Waals surface area contributed by atoms with Crippen LogP contribution in [-0.4, -0.2) is 49.1 Å². The molecule has 0 saturated carbocycles. The Morgan fingerprint density at radius 1 is 0.571 bits per heavy atom. The number of hydrogen-bond donors (Lipinski definition) is 8. The average molecular weight is 478 g/mol. The normalized spacial score (nSPS) is 14.2. The van der Waals surface area contributed by atoms with Crippen molar-refractivity contribution in [3.05, 3.63) is 35.7 Å². The molecule has 0 radical (unpaired) electrons. The molecule has 18 heteroatoms. The van der Waals surface area contributed by atoms with Gasteiger partial charge in [-0.25, -0.2) is 9.97 Å². The Labute approximate surface area is 155 Å². The van der Waals surface area contributed by atoms with Crippen molar-refractivity contribution < 1.29 is 57.4 Å². The molecule has 1 heterocycles. The molecule has 2 rings (SSSR count). The van der Waals surface area contributed by atoms with E-state index in [1.54, 1.807) is 0 Å². The summed E-state index contributed by atoms with van der Waals surface area (Å²) in [5.41, 5.74) is -3.03. The van der Waals surface area contributed by atoms with Crippen LogP contribution in [-0.2, 0) is 18.3 Å². The standard InChI is InChI=1S/C10H14N2O12P4/c13-25(14,15)9(26(16,17)18)7-8(10(27(19,20)21)28(22,23)24)12-6-4-2-1-3-5(6)11-7/h1-4,9-10H,(H2,13,14,15)(H2,16,17,18)(H2,19,20,21)(H2,22,23,24). The van der Waals surface area contributed by atoms with Crippen LogP contribution in [0.25, 0.3) is 11.0 Å². The van der Waals surface area contributed by atoms with E-state index in [1.165, 1.54) is 24.3 Å². The molecule has 156 valence electrons. The van der Waals surface area contributed by atoms with E-state index >= 15 is 0 Å². The fourth-order valence-corrected chi connectivity index (χ4v) is 7.61. The van der Waals surface area contributed by atoms with Gasteiger partial charge in [0.05, 0.1) is 22.4 Å². The zero-order valence-electron chi connectivity index (χ0n) is 13.4. The summed E-state index contributed by atoms with van der Waals surface area (Å²) in [7, 11) is -23.0. The SMILES string of the molecule is O=P(O)(O)C(c1nc2ccccc2nc1C(P(=O)(O)O)P(=O)(O)O)P(=O)(O)O. The molecule has 0 aliphatic heterocycles. The second kappa shape index (κ2) is 7.45. The first kappa shape index (κ1) is 23.4. The fourth-order valence-electron chi connectivity index (χ4n) is 2.44. The lowest BCUT2D eigenvalue weighted by Crippen LogP contribution is -2.14. The molecule has 0 bridgehead atoms. The molecule has 8 N–H and O–H groups in total. The van der Waals surface area contributed by atoms with Gasteiger partial charge in [-0.05, 0) is 12.1 Å². The number of aromatic nitrogens is 2. The second-order valence-electron chi connectivity index (χ2n) is 5.59. The van der Waals surface area contributed by atoms with Crippen LogP contribution in [0.4, 0.5) is 0 Å². The van der Waals surface area contributed by atoms with Crippen molar-refractivity contribution in [2.75, 3.05) is 0 Å². The molecule has 0 saturated heterocycles. The van der Waals surface area contributed by atoms with Crippen molar-refractivity contribution >= 4 is 41.4 Å². The first-order valence-electron chi connectivity index (χ1n) is 6.91. The van der Waals surface area contributed by atoms with Gasteiger partial charge in [-0.3, -0.25) is 18.3 Å². The van der Waals surface area contributed by atoms with Gasteiger partial charge in [0, 0.05) is 0 Å². The van der Waals surface area contributed by atoms with Gasteiger partial charge in [0.1, 0.15) is 0 Å². The maximum absolute atomic E-state index is 11.7. The fraction of sp³-hybridized carbons (Fsp3) is 0.200. The molecule has 14 nitrogen and oxygen atoms in total. The highest BCUT2D eigenvalue weighted by Crippen LogP contribution is 2.74. The van der Waals surface area contributed by atoms with Gasteiger partial charge in [-0.2, -0.15) is 0 Å². The van der Waals surface area contributed by atoms with E-state index in [4.69, 9.17) is 0 Å². The van der Waals surface area contributed by atoms with Gasteiger partial charge in [-0.15, -0.1) is 0 Å². The molecule has 2 aromatic rings. The number of para-hydroxylation sites is 2. The Morgan fingerprint density at radius 3 is 1.04 bits per heavy atom. The van der Waals surface area contributed by atoms with E-state index < -0.39 is 52.6 Å². The first-order chi connectivity index (χ1) is 12.4. The molecule has 0 amide bonds. The van der Waals surface area contributed by atoms with Crippen LogP contribution in [0.5, 0.6) is 0 Å². The van der Waals surface area contributed by atoms with E-state index in [1.807, 2.05) is 0 Å². The Bertz CT molecular complexity index is 966. The van der Waals surface area contributed by atoms with Crippen molar-refractivity contribution in [1.82, 2.24) is 9.97 Å². The Morgan fingerprint density at radius 2 is 0.821 bits per heavy atom. The van der Waals surface area contributed by atoms with Gasteiger partial charge < -0.3 is 39.1 Å². The van der Waals surface area contributed by atoms with E-state index in [-0.39, 0.29) is 11.0 Å². The molecular weight excluding hydrogens is 464 g/mol. The van der Waals surface area contributed by atoms with Crippen molar-refractivity contribution in [3.8, 4) is 0 Å². The minimum absolute atomic E-state index is 0.191. The van der Waals surface area contributed by atoms with Crippen LogP contribution in [0, 0.1) is 0 Å². The summed E-state index contributed by atoms with van der Waals surface area (Å²) in [6, 6.07) is 5.15. The zero-order chi connectivity index (χ0) is 21.7. The van der Waals surface area contributed by atoms with Crippen molar-refractivity contribution in [2.45, 2.75) is 10.8 Å². The third-order valence-corrected chi connectivity index (χ3v) is 10.5. The third kappa shape index (κ3) is 5.01. The zero-order valence-corrected chi connectivity index (χ0v) is 16.9. The molecule has 0 fully saturated rings. The molecular formula is C10H14N2O12P4. The van der Waals surface area contributed by atoms with Gasteiger partial charge in [0.15, 0.2) is 0 Å². The Hall–Kier alpha value is -0.840. The summed E-state index contributed by atoms with van der Waals surface area (Å²) in [5.74, 6) is 0. The number of benzene rings is 1. The predicted molar refractivity (Wildman–Crippen MR) is 93.2 cm³/mol. The van der Waals surface area contributed by atoms with Gasteiger partial charge in [0.2, 0.25) is 10.8 Å². The van der Waals surface area contributed by atoms with Gasteiger partial charge >= 0.3 is 30.4 Å². The molecule has 0 unspecified atom stereocenters. The van der Waals surface area contributed by atoms with Crippen LogP contribution >= 0.6 is 30.4 Å². The summed E-state index contributed by atoms with van der Waals surface area (Å²) >= 11 is 0. The lowest BCUT2D eigenvalue weighted by atomic mass is 10.2. The molecule has 1 aromatic carbocycles. The van der Waals surface area contributed by atoms with Gasteiger partial charge in [0.25, 0.3) is 0 Å². The number of nitrogens with zero attached hydrogens (tertiary/aromatic N) is 2. The summed E-state index contributed by atoms with van der Waals surface area (Å²) in [5, 5.41) is -6.10. The van der Waals surface area contributed by atoms with E-state index in [0.717, 1.165) is 0 Å².